The zero-order chi connectivity index (χ0) is 24.5. The van der Waals surface area contributed by atoms with Crippen molar-refractivity contribution in [1.29, 1.82) is 5.26 Å². The maximum atomic E-state index is 12.4. The van der Waals surface area contributed by atoms with Gasteiger partial charge in [-0.15, -0.1) is 0 Å². The van der Waals surface area contributed by atoms with Crippen LogP contribution in [-0.4, -0.2) is 18.0 Å². The smallest absolute Gasteiger partial charge is 0.252 e. The predicted octanol–water partition coefficient (Wildman–Crippen LogP) is 5.28. The van der Waals surface area contributed by atoms with Gasteiger partial charge in [0.15, 0.2) is 0 Å². The molecule has 1 unspecified atom stereocenters. The summed E-state index contributed by atoms with van der Waals surface area (Å²) in [6, 6.07) is 21.3. The number of anilines is 1. The monoisotopic (exact) mass is 538 g/mol. The van der Waals surface area contributed by atoms with Crippen LogP contribution in [0, 0.1) is 17.2 Å². The molecule has 0 aromatic heterocycles. The number of amides is 2. The average molecular weight is 540 g/mol. The highest BCUT2D eigenvalue weighted by Crippen LogP contribution is 2.23. The Kier molecular flexibility index (Phi) is 8.79. The largest absolute Gasteiger partial charge is 0.488 e. The van der Waals surface area contributed by atoms with Gasteiger partial charge in [0.2, 0.25) is 5.91 Å². The van der Waals surface area contributed by atoms with Gasteiger partial charge < -0.3 is 10.1 Å². The zero-order valence-corrected chi connectivity index (χ0v) is 20.4. The van der Waals surface area contributed by atoms with Crippen LogP contribution in [0.1, 0.15) is 23.6 Å². The summed E-state index contributed by atoms with van der Waals surface area (Å²) in [7, 11) is 0. The molecule has 172 valence electrons. The average Bonchev–Trinajstić information content (AvgIpc) is 2.84. The molecule has 0 radical (unpaired) electrons. The van der Waals surface area contributed by atoms with Gasteiger partial charge >= 0.3 is 0 Å². The molecule has 0 aliphatic carbocycles. The molecule has 3 aromatic rings. The molecule has 0 heterocycles. The van der Waals surface area contributed by atoms with Gasteiger partial charge in [0.25, 0.3) is 5.91 Å². The second-order valence-electron chi connectivity index (χ2n) is 7.20. The lowest BCUT2D eigenvalue weighted by Crippen LogP contribution is -2.34. The number of nitrogens with zero attached hydrogens (tertiary/aromatic N) is 2. The van der Waals surface area contributed by atoms with Crippen molar-refractivity contribution >= 4 is 51.2 Å². The van der Waals surface area contributed by atoms with Crippen molar-refractivity contribution in [1.82, 2.24) is 5.43 Å². The molecule has 1 atom stereocenters. The fourth-order valence-corrected chi connectivity index (χ4v) is 3.34. The maximum Gasteiger partial charge on any atom is 0.252 e. The lowest BCUT2D eigenvalue weighted by atomic mass is 10.1. The molecule has 7 nitrogen and oxygen atoms in total. The second kappa shape index (κ2) is 12.0. The number of para-hydroxylation sites is 1. The number of carbonyl (C=O) groups is 2. The van der Waals surface area contributed by atoms with Crippen molar-refractivity contribution in [3.63, 3.8) is 0 Å². The van der Waals surface area contributed by atoms with Crippen molar-refractivity contribution in [3.8, 4) is 11.8 Å². The van der Waals surface area contributed by atoms with Crippen LogP contribution in [0.4, 0.5) is 5.69 Å². The van der Waals surface area contributed by atoms with E-state index in [0.717, 1.165) is 5.56 Å². The molecule has 34 heavy (non-hydrogen) atoms. The Labute approximate surface area is 210 Å². The van der Waals surface area contributed by atoms with Crippen LogP contribution >= 0.6 is 27.5 Å². The minimum atomic E-state index is -0.976. The number of hydrogen-bond donors (Lipinski definition) is 2. The van der Waals surface area contributed by atoms with Crippen molar-refractivity contribution in [3.05, 3.63) is 92.9 Å². The molecule has 0 saturated heterocycles. The standard InChI is InChI=1S/C25H20BrClN4O3/c1-16(24(32)30-22-5-3-2-4-21(22)26)25(33)31-29-14-19-12-20(27)10-11-23(19)34-15-18-8-6-17(13-28)7-9-18/h2-12,14,16H,15H2,1H3,(H,30,32)(H,31,33). The number of hydrazone groups is 1. The summed E-state index contributed by atoms with van der Waals surface area (Å²) < 4.78 is 6.57. The Balaban J connectivity index is 1.61. The topological polar surface area (TPSA) is 104 Å². The molecular formula is C25H20BrClN4O3. The SMILES string of the molecule is CC(C(=O)NN=Cc1cc(Cl)ccc1OCc1ccc(C#N)cc1)C(=O)Nc1ccccc1Br. The Morgan fingerprint density at radius 1 is 1.15 bits per heavy atom. The van der Waals surface area contributed by atoms with E-state index < -0.39 is 17.7 Å². The Hall–Kier alpha value is -3.67. The molecule has 0 aliphatic rings. The molecular weight excluding hydrogens is 520 g/mol. The van der Waals surface area contributed by atoms with Crippen LogP contribution in [0.15, 0.2) is 76.3 Å². The van der Waals surface area contributed by atoms with Crippen LogP contribution in [-0.2, 0) is 16.2 Å². The van der Waals surface area contributed by atoms with Gasteiger partial charge in [-0.25, -0.2) is 5.43 Å². The highest BCUT2D eigenvalue weighted by Gasteiger charge is 2.21. The van der Waals surface area contributed by atoms with Crippen molar-refractivity contribution in [2.24, 2.45) is 11.0 Å². The summed E-state index contributed by atoms with van der Waals surface area (Å²) in [5.74, 6) is -1.50. The maximum absolute atomic E-state index is 12.4. The fourth-order valence-electron chi connectivity index (χ4n) is 2.77. The summed E-state index contributed by atoms with van der Waals surface area (Å²) >= 11 is 9.45. The van der Waals surface area contributed by atoms with Gasteiger partial charge in [-0.2, -0.15) is 10.4 Å². The second-order valence-corrected chi connectivity index (χ2v) is 8.50. The normalized spacial score (nSPS) is 11.5. The van der Waals surface area contributed by atoms with E-state index in [2.05, 4.69) is 37.8 Å². The molecule has 2 amide bonds. The molecule has 0 saturated carbocycles. The molecule has 0 bridgehead atoms. The molecule has 0 fully saturated rings. The van der Waals surface area contributed by atoms with Crippen molar-refractivity contribution in [2.75, 3.05) is 5.32 Å². The Morgan fingerprint density at radius 2 is 1.88 bits per heavy atom. The molecule has 9 heteroatoms. The van der Waals surface area contributed by atoms with Gasteiger partial charge in [-0.3, -0.25) is 9.59 Å². The van der Waals surface area contributed by atoms with Gasteiger partial charge in [0, 0.05) is 15.1 Å². The number of hydrogen-bond acceptors (Lipinski definition) is 5. The van der Waals surface area contributed by atoms with E-state index >= 15 is 0 Å². The van der Waals surface area contributed by atoms with E-state index in [4.69, 9.17) is 21.6 Å². The van der Waals surface area contributed by atoms with Gasteiger partial charge in [-0.1, -0.05) is 35.9 Å². The molecule has 3 rings (SSSR count). The molecule has 0 spiro atoms. The van der Waals surface area contributed by atoms with Crippen LogP contribution in [0.3, 0.4) is 0 Å². The Bertz CT molecular complexity index is 1260. The van der Waals surface area contributed by atoms with E-state index in [-0.39, 0.29) is 6.61 Å². The van der Waals surface area contributed by atoms with Crippen LogP contribution < -0.4 is 15.5 Å². The third-order valence-electron chi connectivity index (χ3n) is 4.75. The number of benzene rings is 3. The number of halogens is 2. The third kappa shape index (κ3) is 6.91. The van der Waals surface area contributed by atoms with Gasteiger partial charge in [0.1, 0.15) is 18.3 Å². The summed E-state index contributed by atoms with van der Waals surface area (Å²) in [5.41, 5.74) is 4.94. The number of rotatable bonds is 8. The number of carbonyl (C=O) groups excluding carboxylic acids is 2. The predicted molar refractivity (Wildman–Crippen MR) is 135 cm³/mol. The number of ether oxygens (including phenoxy) is 1. The zero-order valence-electron chi connectivity index (χ0n) is 18.1. The van der Waals surface area contributed by atoms with E-state index in [1.807, 2.05) is 18.2 Å². The van der Waals surface area contributed by atoms with E-state index in [0.29, 0.717) is 32.1 Å². The van der Waals surface area contributed by atoms with E-state index in [1.165, 1.54) is 13.1 Å². The minimum absolute atomic E-state index is 0.271. The van der Waals surface area contributed by atoms with Gasteiger partial charge in [-0.05, 0) is 70.9 Å². The summed E-state index contributed by atoms with van der Waals surface area (Å²) in [4.78, 5) is 24.8. The fraction of sp³-hybridized carbons (Fsp3) is 0.120. The van der Waals surface area contributed by atoms with E-state index in [1.54, 1.807) is 48.5 Å². The van der Waals surface area contributed by atoms with Crippen molar-refractivity contribution < 1.29 is 14.3 Å². The molecule has 3 aromatic carbocycles. The van der Waals surface area contributed by atoms with Crippen LogP contribution in [0.5, 0.6) is 5.75 Å². The third-order valence-corrected chi connectivity index (χ3v) is 5.67. The summed E-state index contributed by atoms with van der Waals surface area (Å²) in [6.07, 6.45) is 1.40. The lowest BCUT2D eigenvalue weighted by Gasteiger charge is -2.12. The first kappa shape index (κ1) is 25.0. The van der Waals surface area contributed by atoms with Gasteiger partial charge in [0.05, 0.1) is 23.5 Å². The first-order valence-electron chi connectivity index (χ1n) is 10.2. The Morgan fingerprint density at radius 3 is 2.59 bits per heavy atom. The van der Waals surface area contributed by atoms with Crippen LogP contribution in [0.25, 0.3) is 0 Å². The first-order chi connectivity index (χ1) is 16.4. The number of nitrogens with one attached hydrogen (secondary N) is 2. The molecule has 2 N–H and O–H groups in total. The molecule has 0 aliphatic heterocycles. The van der Waals surface area contributed by atoms with Crippen LogP contribution in [0.2, 0.25) is 5.02 Å². The van der Waals surface area contributed by atoms with Crippen molar-refractivity contribution in [2.45, 2.75) is 13.5 Å². The quantitative estimate of drug-likeness (QED) is 0.231. The lowest BCUT2D eigenvalue weighted by molar-refractivity contribution is -0.131. The summed E-state index contributed by atoms with van der Waals surface area (Å²) in [6.45, 7) is 1.76. The minimum Gasteiger partial charge on any atom is -0.488 e. The highest BCUT2D eigenvalue weighted by atomic mass is 79.9. The first-order valence-corrected chi connectivity index (χ1v) is 11.3. The van der Waals surface area contributed by atoms with E-state index in [9.17, 15) is 9.59 Å². The highest BCUT2D eigenvalue weighted by molar-refractivity contribution is 9.10. The summed E-state index contributed by atoms with van der Waals surface area (Å²) in [5, 5.41) is 16.0. The number of nitriles is 1.